The van der Waals surface area contributed by atoms with E-state index in [4.69, 9.17) is 5.73 Å². The van der Waals surface area contributed by atoms with Gasteiger partial charge >= 0.3 is 0 Å². The topological polar surface area (TPSA) is 68.0 Å². The minimum atomic E-state index is -0.209. The molecule has 2 atom stereocenters. The number of pyridine rings is 1. The van der Waals surface area contributed by atoms with Crippen molar-refractivity contribution in [2.24, 2.45) is 11.7 Å². The van der Waals surface area contributed by atoms with Gasteiger partial charge in [0.05, 0.1) is 5.92 Å². The molecule has 3 N–H and O–H groups in total. The standard InChI is InChI=1S/C27H33N3O/c1-27(2,24-14-9-17-29-20-24)25(22-12-7-4-8-13-22)16-15-23(18-28)26(31)30-19-21-10-5-3-6-11-21/h3-14,17,20,23,25H,15-16,18-19,28H2,1-2H3,(H,30,31)/t23-,25-/m1/s1. The van der Waals surface area contributed by atoms with Crippen LogP contribution in [0.4, 0.5) is 0 Å². The zero-order valence-electron chi connectivity index (χ0n) is 18.5. The third kappa shape index (κ3) is 6.02. The average Bonchev–Trinajstić information content (AvgIpc) is 2.82. The number of carbonyl (C=O) groups excluding carboxylic acids is 1. The fourth-order valence-corrected chi connectivity index (χ4v) is 4.23. The van der Waals surface area contributed by atoms with Gasteiger partial charge in [-0.05, 0) is 46.9 Å². The van der Waals surface area contributed by atoms with Gasteiger partial charge < -0.3 is 11.1 Å². The second kappa shape index (κ2) is 10.9. The van der Waals surface area contributed by atoms with E-state index in [1.807, 2.05) is 48.7 Å². The molecule has 31 heavy (non-hydrogen) atoms. The molecule has 4 nitrogen and oxygen atoms in total. The maximum atomic E-state index is 12.8. The number of nitrogens with two attached hydrogens (primary N) is 1. The van der Waals surface area contributed by atoms with E-state index in [0.717, 1.165) is 18.4 Å². The van der Waals surface area contributed by atoms with Crippen molar-refractivity contribution in [1.82, 2.24) is 10.3 Å². The van der Waals surface area contributed by atoms with E-state index in [1.54, 1.807) is 6.20 Å². The molecule has 0 aliphatic heterocycles. The van der Waals surface area contributed by atoms with Crippen molar-refractivity contribution in [3.63, 3.8) is 0 Å². The summed E-state index contributed by atoms with van der Waals surface area (Å²) in [6.45, 7) is 5.39. The Labute approximate surface area is 185 Å². The van der Waals surface area contributed by atoms with Gasteiger partial charge in [-0.3, -0.25) is 9.78 Å². The van der Waals surface area contributed by atoms with Crippen LogP contribution in [0.5, 0.6) is 0 Å². The Morgan fingerprint density at radius 3 is 2.26 bits per heavy atom. The van der Waals surface area contributed by atoms with Crippen molar-refractivity contribution in [2.45, 2.75) is 44.6 Å². The van der Waals surface area contributed by atoms with E-state index in [1.165, 1.54) is 11.1 Å². The molecule has 0 aliphatic carbocycles. The molecule has 162 valence electrons. The molecule has 0 saturated carbocycles. The summed E-state index contributed by atoms with van der Waals surface area (Å²) < 4.78 is 0. The second-order valence-electron chi connectivity index (χ2n) is 8.64. The molecule has 1 amide bonds. The Hall–Kier alpha value is -2.98. The lowest BCUT2D eigenvalue weighted by Gasteiger charge is -2.36. The zero-order chi connectivity index (χ0) is 22.1. The van der Waals surface area contributed by atoms with Crippen LogP contribution in [0, 0.1) is 5.92 Å². The Bertz CT molecular complexity index is 926. The maximum Gasteiger partial charge on any atom is 0.224 e. The van der Waals surface area contributed by atoms with Gasteiger partial charge in [0, 0.05) is 25.5 Å². The van der Waals surface area contributed by atoms with Gasteiger partial charge in [-0.15, -0.1) is 0 Å². The molecule has 0 fully saturated rings. The molecule has 0 aliphatic rings. The fourth-order valence-electron chi connectivity index (χ4n) is 4.23. The molecule has 1 heterocycles. The highest BCUT2D eigenvalue weighted by atomic mass is 16.1. The summed E-state index contributed by atoms with van der Waals surface area (Å²) in [7, 11) is 0. The van der Waals surface area contributed by atoms with Crippen molar-refractivity contribution in [3.8, 4) is 0 Å². The van der Waals surface area contributed by atoms with E-state index < -0.39 is 0 Å². The van der Waals surface area contributed by atoms with Crippen LogP contribution in [0.2, 0.25) is 0 Å². The number of nitrogens with zero attached hydrogens (tertiary/aromatic N) is 1. The summed E-state index contributed by atoms with van der Waals surface area (Å²) in [5, 5.41) is 3.05. The largest absolute Gasteiger partial charge is 0.352 e. The van der Waals surface area contributed by atoms with E-state index in [-0.39, 0.29) is 23.2 Å². The molecule has 2 aromatic carbocycles. The number of carbonyl (C=O) groups is 1. The first-order valence-corrected chi connectivity index (χ1v) is 11.0. The second-order valence-corrected chi connectivity index (χ2v) is 8.64. The monoisotopic (exact) mass is 415 g/mol. The number of hydrogen-bond donors (Lipinski definition) is 2. The molecule has 0 bridgehead atoms. The third-order valence-electron chi connectivity index (χ3n) is 6.25. The van der Waals surface area contributed by atoms with E-state index in [9.17, 15) is 4.79 Å². The maximum absolute atomic E-state index is 12.8. The zero-order valence-corrected chi connectivity index (χ0v) is 18.5. The number of nitrogens with one attached hydrogen (secondary N) is 1. The molecular weight excluding hydrogens is 382 g/mol. The Kier molecular flexibility index (Phi) is 7.96. The number of hydrogen-bond acceptors (Lipinski definition) is 3. The van der Waals surface area contributed by atoms with Crippen LogP contribution >= 0.6 is 0 Å². The van der Waals surface area contributed by atoms with Gasteiger partial charge in [0.1, 0.15) is 0 Å². The Morgan fingerprint density at radius 2 is 1.65 bits per heavy atom. The lowest BCUT2D eigenvalue weighted by molar-refractivity contribution is -0.125. The van der Waals surface area contributed by atoms with E-state index >= 15 is 0 Å². The first kappa shape index (κ1) is 22.7. The predicted molar refractivity (Wildman–Crippen MR) is 127 cm³/mol. The smallest absolute Gasteiger partial charge is 0.224 e. The predicted octanol–water partition coefficient (Wildman–Crippen LogP) is 4.81. The van der Waals surface area contributed by atoms with Crippen molar-refractivity contribution in [2.75, 3.05) is 6.54 Å². The summed E-state index contributed by atoms with van der Waals surface area (Å²) >= 11 is 0. The van der Waals surface area contributed by atoms with Gasteiger partial charge in [-0.25, -0.2) is 0 Å². The van der Waals surface area contributed by atoms with Crippen LogP contribution in [0.25, 0.3) is 0 Å². The minimum absolute atomic E-state index is 0.0253. The molecule has 4 heteroatoms. The molecule has 0 radical (unpaired) electrons. The van der Waals surface area contributed by atoms with Crippen LogP contribution < -0.4 is 11.1 Å². The van der Waals surface area contributed by atoms with Crippen LogP contribution in [-0.2, 0) is 16.8 Å². The van der Waals surface area contributed by atoms with E-state index in [2.05, 4.69) is 54.5 Å². The number of benzene rings is 2. The van der Waals surface area contributed by atoms with Crippen molar-refractivity contribution in [1.29, 1.82) is 0 Å². The van der Waals surface area contributed by atoms with Crippen LogP contribution in [0.1, 0.15) is 49.3 Å². The van der Waals surface area contributed by atoms with Crippen LogP contribution in [0.15, 0.2) is 85.2 Å². The van der Waals surface area contributed by atoms with Gasteiger partial charge in [-0.1, -0.05) is 80.6 Å². The fraction of sp³-hybridized carbons (Fsp3) is 0.333. The lowest BCUT2D eigenvalue weighted by atomic mass is 9.68. The molecule has 0 spiro atoms. The summed E-state index contributed by atoms with van der Waals surface area (Å²) in [6.07, 6.45) is 5.36. The highest BCUT2D eigenvalue weighted by Crippen LogP contribution is 2.42. The molecule has 0 unspecified atom stereocenters. The molecule has 1 aromatic heterocycles. The van der Waals surface area contributed by atoms with Gasteiger partial charge in [0.2, 0.25) is 5.91 Å². The van der Waals surface area contributed by atoms with E-state index in [0.29, 0.717) is 13.1 Å². The van der Waals surface area contributed by atoms with Gasteiger partial charge in [0.15, 0.2) is 0 Å². The summed E-state index contributed by atoms with van der Waals surface area (Å²) in [6, 6.07) is 24.6. The summed E-state index contributed by atoms with van der Waals surface area (Å²) in [5.41, 5.74) is 9.45. The first-order chi connectivity index (χ1) is 15.0. The number of aromatic nitrogens is 1. The van der Waals surface area contributed by atoms with Gasteiger partial charge in [-0.2, -0.15) is 0 Å². The SMILES string of the molecule is CC(C)(c1cccnc1)[C@H](CC[C@H](CN)C(=O)NCc1ccccc1)c1ccccc1. The highest BCUT2D eigenvalue weighted by molar-refractivity contribution is 5.78. The van der Waals surface area contributed by atoms with Crippen LogP contribution in [0.3, 0.4) is 0 Å². The molecular formula is C27H33N3O. The quantitative estimate of drug-likeness (QED) is 0.499. The first-order valence-electron chi connectivity index (χ1n) is 11.0. The Balaban J connectivity index is 1.72. The number of rotatable bonds is 10. The van der Waals surface area contributed by atoms with Gasteiger partial charge in [0.25, 0.3) is 0 Å². The normalized spacial score (nSPS) is 13.4. The number of amides is 1. The van der Waals surface area contributed by atoms with Crippen molar-refractivity contribution in [3.05, 3.63) is 102 Å². The summed E-state index contributed by atoms with van der Waals surface area (Å²) in [4.78, 5) is 17.2. The summed E-state index contributed by atoms with van der Waals surface area (Å²) in [5.74, 6) is 0.0610. The molecule has 0 saturated heterocycles. The van der Waals surface area contributed by atoms with Crippen molar-refractivity contribution < 1.29 is 4.79 Å². The molecule has 3 rings (SSSR count). The molecule has 3 aromatic rings. The lowest BCUT2D eigenvalue weighted by Crippen LogP contribution is -2.36. The van der Waals surface area contributed by atoms with Crippen LogP contribution in [-0.4, -0.2) is 17.4 Å². The van der Waals surface area contributed by atoms with Crippen molar-refractivity contribution >= 4 is 5.91 Å². The average molecular weight is 416 g/mol. The minimum Gasteiger partial charge on any atom is -0.352 e. The Morgan fingerprint density at radius 1 is 0.968 bits per heavy atom. The highest BCUT2D eigenvalue weighted by Gasteiger charge is 2.33. The third-order valence-corrected chi connectivity index (χ3v) is 6.25.